The highest BCUT2D eigenvalue weighted by Gasteiger charge is 2.54. The molecular formula is C14H15N3O2. The van der Waals surface area contributed by atoms with Crippen LogP contribution in [0.15, 0.2) is 36.9 Å². The number of hydrogen-bond donors (Lipinski definition) is 2. The van der Waals surface area contributed by atoms with Crippen molar-refractivity contribution in [2.75, 3.05) is 11.9 Å². The fraction of sp³-hybridized carbons (Fsp3) is 0.286. The summed E-state index contributed by atoms with van der Waals surface area (Å²) >= 11 is 0. The van der Waals surface area contributed by atoms with E-state index in [0.29, 0.717) is 6.42 Å². The van der Waals surface area contributed by atoms with E-state index in [1.165, 1.54) is 0 Å². The summed E-state index contributed by atoms with van der Waals surface area (Å²) in [5, 5.41) is 5.11. The quantitative estimate of drug-likeness (QED) is 0.578. The second kappa shape index (κ2) is 3.85. The maximum absolute atomic E-state index is 12.2. The van der Waals surface area contributed by atoms with E-state index in [1.54, 1.807) is 6.08 Å². The summed E-state index contributed by atoms with van der Waals surface area (Å²) in [6.45, 7) is 3.81. The van der Waals surface area contributed by atoms with Gasteiger partial charge in [-0.05, 0) is 11.6 Å². The molecule has 5 nitrogen and oxygen atoms in total. The molecule has 19 heavy (non-hydrogen) atoms. The van der Waals surface area contributed by atoms with Crippen LogP contribution in [0.5, 0.6) is 0 Å². The van der Waals surface area contributed by atoms with Crippen molar-refractivity contribution in [1.82, 2.24) is 10.6 Å². The molecule has 2 N–H and O–H groups in total. The topological polar surface area (TPSA) is 61.4 Å². The number of nitrogens with one attached hydrogen (secondary N) is 2. The number of anilines is 1. The van der Waals surface area contributed by atoms with Crippen molar-refractivity contribution in [3.63, 3.8) is 0 Å². The Labute approximate surface area is 111 Å². The number of benzene rings is 1. The lowest BCUT2D eigenvalue weighted by Crippen LogP contribution is -2.64. The van der Waals surface area contributed by atoms with Crippen molar-refractivity contribution in [2.45, 2.75) is 18.0 Å². The van der Waals surface area contributed by atoms with Crippen molar-refractivity contribution in [2.24, 2.45) is 0 Å². The maximum Gasteiger partial charge on any atom is 0.322 e. The van der Waals surface area contributed by atoms with Gasteiger partial charge in [0.25, 0.3) is 5.91 Å². The molecule has 0 aliphatic carbocycles. The number of nitrogens with zero attached hydrogens (tertiary/aromatic N) is 1. The first-order chi connectivity index (χ1) is 9.08. The van der Waals surface area contributed by atoms with Crippen molar-refractivity contribution >= 4 is 17.6 Å². The fourth-order valence-corrected chi connectivity index (χ4v) is 3.09. The molecule has 2 unspecified atom stereocenters. The van der Waals surface area contributed by atoms with Crippen LogP contribution in [0.25, 0.3) is 0 Å². The van der Waals surface area contributed by atoms with Gasteiger partial charge in [0, 0.05) is 19.2 Å². The van der Waals surface area contributed by atoms with Gasteiger partial charge in [-0.15, -0.1) is 6.58 Å². The predicted molar refractivity (Wildman–Crippen MR) is 71.9 cm³/mol. The molecule has 2 atom stereocenters. The van der Waals surface area contributed by atoms with Gasteiger partial charge in [-0.3, -0.25) is 10.1 Å². The summed E-state index contributed by atoms with van der Waals surface area (Å²) in [4.78, 5) is 25.7. The van der Waals surface area contributed by atoms with E-state index in [9.17, 15) is 9.59 Å². The molecule has 2 heterocycles. The number of hydrogen-bond acceptors (Lipinski definition) is 3. The minimum Gasteiger partial charge on any atom is -0.365 e. The number of likely N-dealkylation sites (N-methyl/N-ethyl adjacent to an activating group) is 1. The monoisotopic (exact) mass is 257 g/mol. The Morgan fingerprint density at radius 1 is 1.42 bits per heavy atom. The number of urea groups is 1. The van der Waals surface area contributed by atoms with Crippen molar-refractivity contribution < 1.29 is 9.59 Å². The van der Waals surface area contributed by atoms with Crippen LogP contribution >= 0.6 is 0 Å². The van der Waals surface area contributed by atoms with Gasteiger partial charge in [-0.1, -0.05) is 24.3 Å². The van der Waals surface area contributed by atoms with Crippen LogP contribution < -0.4 is 15.5 Å². The van der Waals surface area contributed by atoms with Crippen LogP contribution in [0.1, 0.15) is 5.56 Å². The molecule has 2 aliphatic heterocycles. The van der Waals surface area contributed by atoms with E-state index in [1.807, 2.05) is 36.2 Å². The summed E-state index contributed by atoms with van der Waals surface area (Å²) < 4.78 is 0. The molecule has 3 amide bonds. The summed E-state index contributed by atoms with van der Waals surface area (Å²) in [5.74, 6) is -0.288. The van der Waals surface area contributed by atoms with Gasteiger partial charge in [-0.2, -0.15) is 0 Å². The molecule has 98 valence electrons. The molecule has 2 aliphatic rings. The first-order valence-electron chi connectivity index (χ1n) is 6.15. The zero-order valence-corrected chi connectivity index (χ0v) is 10.6. The summed E-state index contributed by atoms with van der Waals surface area (Å²) in [6.07, 6.45) is 2.18. The predicted octanol–water partition coefficient (Wildman–Crippen LogP) is 0.812. The standard InChI is InChI=1S/C14H15N3O2/c1-3-11-14(12(18)15-13(19)16-14)8-9-6-4-5-7-10(9)17(11)2/h3-7,11H,1,8H2,2H3,(H2,15,16,18,19). The normalized spacial score (nSPS) is 28.9. The van der Waals surface area contributed by atoms with E-state index < -0.39 is 11.6 Å². The molecule has 0 bridgehead atoms. The molecule has 0 saturated carbocycles. The third-order valence-electron chi connectivity index (χ3n) is 3.96. The number of carbonyl (C=O) groups excluding carboxylic acids is 2. The van der Waals surface area contributed by atoms with E-state index in [4.69, 9.17) is 0 Å². The van der Waals surface area contributed by atoms with Gasteiger partial charge >= 0.3 is 6.03 Å². The van der Waals surface area contributed by atoms with Crippen LogP contribution in [-0.4, -0.2) is 30.6 Å². The lowest BCUT2D eigenvalue weighted by molar-refractivity contribution is -0.124. The van der Waals surface area contributed by atoms with E-state index in [0.717, 1.165) is 11.3 Å². The maximum atomic E-state index is 12.2. The first-order valence-corrected chi connectivity index (χ1v) is 6.15. The molecule has 1 fully saturated rings. The molecule has 0 aromatic heterocycles. The molecular weight excluding hydrogens is 242 g/mol. The van der Waals surface area contributed by atoms with Crippen molar-refractivity contribution in [1.29, 1.82) is 0 Å². The minimum atomic E-state index is -0.956. The Morgan fingerprint density at radius 2 is 2.16 bits per heavy atom. The van der Waals surface area contributed by atoms with Gasteiger partial charge in [0.1, 0.15) is 5.54 Å². The smallest absolute Gasteiger partial charge is 0.322 e. The Hall–Kier alpha value is -2.30. The number of para-hydroxylation sites is 1. The van der Waals surface area contributed by atoms with Crippen LogP contribution in [0, 0.1) is 0 Å². The lowest BCUT2D eigenvalue weighted by Gasteiger charge is -2.44. The third kappa shape index (κ3) is 1.47. The molecule has 0 radical (unpaired) electrons. The van der Waals surface area contributed by atoms with Crippen LogP contribution in [-0.2, 0) is 11.2 Å². The average molecular weight is 257 g/mol. The van der Waals surface area contributed by atoms with Gasteiger partial charge in [0.15, 0.2) is 0 Å². The van der Waals surface area contributed by atoms with Crippen LogP contribution in [0.3, 0.4) is 0 Å². The van der Waals surface area contributed by atoms with Crippen molar-refractivity contribution in [3.8, 4) is 0 Å². The zero-order valence-electron chi connectivity index (χ0n) is 10.6. The summed E-state index contributed by atoms with van der Waals surface area (Å²) in [6, 6.07) is 7.17. The number of amides is 3. The summed E-state index contributed by atoms with van der Waals surface area (Å²) in [5.41, 5.74) is 1.15. The number of imide groups is 1. The SMILES string of the molecule is C=CC1N(C)c2ccccc2CC12NC(=O)NC2=O. The number of carbonyl (C=O) groups is 2. The minimum absolute atomic E-state index is 0.270. The third-order valence-corrected chi connectivity index (χ3v) is 3.96. The fourth-order valence-electron chi connectivity index (χ4n) is 3.09. The molecule has 1 spiro atoms. The summed E-state index contributed by atoms with van der Waals surface area (Å²) in [7, 11) is 1.91. The molecule has 1 saturated heterocycles. The first kappa shape index (κ1) is 11.8. The highest BCUT2D eigenvalue weighted by atomic mass is 16.2. The zero-order chi connectivity index (χ0) is 13.6. The molecule has 5 heteroatoms. The largest absolute Gasteiger partial charge is 0.365 e. The van der Waals surface area contributed by atoms with Crippen molar-refractivity contribution in [3.05, 3.63) is 42.5 Å². The Morgan fingerprint density at radius 3 is 2.79 bits per heavy atom. The van der Waals surface area contributed by atoms with Gasteiger partial charge in [0.05, 0.1) is 6.04 Å². The van der Waals surface area contributed by atoms with Gasteiger partial charge in [-0.25, -0.2) is 4.79 Å². The van der Waals surface area contributed by atoms with E-state index in [-0.39, 0.29) is 11.9 Å². The van der Waals surface area contributed by atoms with E-state index >= 15 is 0 Å². The Kier molecular flexibility index (Phi) is 2.38. The Bertz CT molecular complexity index is 584. The highest BCUT2D eigenvalue weighted by Crippen LogP contribution is 2.37. The second-order valence-corrected chi connectivity index (χ2v) is 4.98. The van der Waals surface area contributed by atoms with Gasteiger partial charge < -0.3 is 10.2 Å². The van der Waals surface area contributed by atoms with Crippen LogP contribution in [0.4, 0.5) is 10.5 Å². The average Bonchev–Trinajstić information content (AvgIpc) is 2.65. The van der Waals surface area contributed by atoms with Gasteiger partial charge in [0.2, 0.25) is 0 Å². The molecule has 1 aromatic carbocycles. The number of fused-ring (bicyclic) bond motifs is 1. The highest BCUT2D eigenvalue weighted by molar-refractivity contribution is 6.08. The van der Waals surface area contributed by atoms with Crippen LogP contribution in [0.2, 0.25) is 0 Å². The Balaban J connectivity index is 2.15. The lowest BCUT2D eigenvalue weighted by atomic mass is 9.78. The second-order valence-electron chi connectivity index (χ2n) is 4.98. The molecule has 3 rings (SSSR count). The van der Waals surface area contributed by atoms with E-state index in [2.05, 4.69) is 17.2 Å². The molecule has 1 aromatic rings. The number of rotatable bonds is 1.